The van der Waals surface area contributed by atoms with Gasteiger partial charge in [0.2, 0.25) is 0 Å². The highest BCUT2D eigenvalue weighted by Gasteiger charge is 2.28. The number of Topliss-reactive ketones (excluding diaryl/α,β-unsaturated/α-hetero) is 1. The van der Waals surface area contributed by atoms with E-state index in [2.05, 4.69) is 4.99 Å². The van der Waals surface area contributed by atoms with Crippen LogP contribution in [0.5, 0.6) is 0 Å². The summed E-state index contributed by atoms with van der Waals surface area (Å²) in [6.45, 7) is 2.12. The van der Waals surface area contributed by atoms with Crippen LogP contribution in [-0.2, 0) is 4.79 Å². The smallest absolute Gasteiger partial charge is 0.260 e. The summed E-state index contributed by atoms with van der Waals surface area (Å²) in [7, 11) is 0. The van der Waals surface area contributed by atoms with Crippen LogP contribution in [0.1, 0.15) is 26.2 Å². The number of carbonyl (C=O) groups excluding carboxylic acids is 1. The number of ketones is 1. The van der Waals surface area contributed by atoms with Gasteiger partial charge in [-0.05, 0) is 13.3 Å². The molecule has 0 spiro atoms. The molecule has 15 heavy (non-hydrogen) atoms. The average molecular weight is 230 g/mol. The molecule has 5 nitrogen and oxygen atoms in total. The van der Waals surface area contributed by atoms with Crippen LogP contribution < -0.4 is 0 Å². The summed E-state index contributed by atoms with van der Waals surface area (Å²) in [5, 5.41) is 11.4. The second-order valence-electron chi connectivity index (χ2n) is 3.46. The van der Waals surface area contributed by atoms with Gasteiger partial charge in [0.25, 0.3) is 6.04 Å². The average Bonchev–Trinajstić information content (AvgIpc) is 2.18. The highest BCUT2D eigenvalue weighted by molar-refractivity contribution is 8.14. The van der Waals surface area contributed by atoms with Gasteiger partial charge in [0, 0.05) is 30.1 Å². The van der Waals surface area contributed by atoms with Crippen LogP contribution in [0.2, 0.25) is 0 Å². The summed E-state index contributed by atoms with van der Waals surface area (Å²) in [4.78, 5) is 25.4. The summed E-state index contributed by atoms with van der Waals surface area (Å²) >= 11 is 1.45. The van der Waals surface area contributed by atoms with Gasteiger partial charge < -0.3 is 4.79 Å². The van der Waals surface area contributed by atoms with E-state index in [1.54, 1.807) is 0 Å². The molecule has 0 saturated carbocycles. The summed E-state index contributed by atoms with van der Waals surface area (Å²) in [5.41, 5.74) is 0. The van der Waals surface area contributed by atoms with Gasteiger partial charge in [-0.15, -0.1) is 11.8 Å². The number of hydrogen-bond acceptors (Lipinski definition) is 5. The zero-order valence-corrected chi connectivity index (χ0v) is 9.46. The number of thioether (sulfide) groups is 1. The van der Waals surface area contributed by atoms with Gasteiger partial charge in [-0.3, -0.25) is 15.1 Å². The Morgan fingerprint density at radius 1 is 1.73 bits per heavy atom. The molecule has 6 heteroatoms. The molecule has 1 aliphatic rings. The minimum atomic E-state index is -0.779. The molecule has 0 N–H and O–H groups in total. The molecule has 0 fully saturated rings. The number of nitro groups is 1. The van der Waals surface area contributed by atoms with Crippen molar-refractivity contribution in [1.29, 1.82) is 0 Å². The Kier molecular flexibility index (Phi) is 4.74. The van der Waals surface area contributed by atoms with Crippen LogP contribution in [0, 0.1) is 10.1 Å². The number of hydrogen-bond donors (Lipinski definition) is 0. The van der Waals surface area contributed by atoms with Gasteiger partial charge in [0.05, 0.1) is 0 Å². The van der Waals surface area contributed by atoms with Gasteiger partial charge in [-0.1, -0.05) is 0 Å². The van der Waals surface area contributed by atoms with Crippen LogP contribution in [-0.4, -0.2) is 34.1 Å². The molecule has 0 aromatic heterocycles. The van der Waals surface area contributed by atoms with Crippen molar-refractivity contribution in [2.24, 2.45) is 4.99 Å². The summed E-state index contributed by atoms with van der Waals surface area (Å²) in [6.07, 6.45) is 1.50. The number of nitrogens with zero attached hydrogens (tertiary/aromatic N) is 2. The fraction of sp³-hybridized carbons (Fsp3) is 0.778. The maximum atomic E-state index is 10.8. The zero-order valence-electron chi connectivity index (χ0n) is 8.64. The van der Waals surface area contributed by atoms with Crippen molar-refractivity contribution >= 4 is 22.6 Å². The van der Waals surface area contributed by atoms with E-state index in [9.17, 15) is 14.9 Å². The second-order valence-corrected chi connectivity index (χ2v) is 4.58. The van der Waals surface area contributed by atoms with Gasteiger partial charge in [-0.2, -0.15) is 0 Å². The van der Waals surface area contributed by atoms with Crippen molar-refractivity contribution < 1.29 is 9.72 Å². The van der Waals surface area contributed by atoms with Gasteiger partial charge in [0.15, 0.2) is 0 Å². The summed E-state index contributed by atoms with van der Waals surface area (Å²) in [5.74, 6) is 0.881. The molecule has 0 aromatic carbocycles. The largest absolute Gasteiger partial charge is 0.300 e. The lowest BCUT2D eigenvalue weighted by molar-refractivity contribution is -0.502. The Hall–Kier alpha value is -0.910. The third-order valence-electron chi connectivity index (χ3n) is 2.13. The van der Waals surface area contributed by atoms with Crippen LogP contribution in [0.4, 0.5) is 0 Å². The standard InChI is InChI=1S/C9H14N2O3S/c1-7(12)3-4-8(11(13)14)9-10-5-2-6-15-9/h8H,2-6H2,1H3. The molecule has 0 aliphatic carbocycles. The normalized spacial score (nSPS) is 18.1. The maximum absolute atomic E-state index is 10.8. The van der Waals surface area contributed by atoms with E-state index < -0.39 is 6.04 Å². The predicted octanol–water partition coefficient (Wildman–Crippen LogP) is 1.54. The van der Waals surface area contributed by atoms with E-state index in [0.717, 1.165) is 12.2 Å². The first-order valence-corrected chi connectivity index (χ1v) is 5.90. The first-order chi connectivity index (χ1) is 7.11. The Morgan fingerprint density at radius 2 is 2.47 bits per heavy atom. The zero-order chi connectivity index (χ0) is 11.3. The van der Waals surface area contributed by atoms with Crippen LogP contribution >= 0.6 is 11.8 Å². The quantitative estimate of drug-likeness (QED) is 0.530. The van der Waals surface area contributed by atoms with Gasteiger partial charge in [-0.25, -0.2) is 0 Å². The number of rotatable bonds is 5. The minimum absolute atomic E-state index is 0.0109. The Bertz CT molecular complexity index is 291. The Labute approximate surface area is 92.5 Å². The fourth-order valence-electron chi connectivity index (χ4n) is 1.34. The van der Waals surface area contributed by atoms with Crippen molar-refractivity contribution in [3.63, 3.8) is 0 Å². The highest BCUT2D eigenvalue weighted by atomic mass is 32.2. The molecule has 0 radical (unpaired) electrons. The molecule has 1 aliphatic heterocycles. The topological polar surface area (TPSA) is 72.6 Å². The molecule has 84 valence electrons. The molecular formula is C9H14N2O3S. The number of aliphatic imine (C=N–C) groups is 1. The first kappa shape index (κ1) is 12.2. The van der Waals surface area contributed by atoms with E-state index in [-0.39, 0.29) is 23.5 Å². The van der Waals surface area contributed by atoms with Crippen molar-refractivity contribution in [2.45, 2.75) is 32.2 Å². The van der Waals surface area contributed by atoms with E-state index in [1.165, 1.54) is 18.7 Å². The monoisotopic (exact) mass is 230 g/mol. The molecular weight excluding hydrogens is 216 g/mol. The molecule has 1 unspecified atom stereocenters. The van der Waals surface area contributed by atoms with Gasteiger partial charge >= 0.3 is 0 Å². The minimum Gasteiger partial charge on any atom is -0.300 e. The SMILES string of the molecule is CC(=O)CCC(C1=NCCCS1)[N+](=O)[O-]. The van der Waals surface area contributed by atoms with E-state index >= 15 is 0 Å². The molecule has 0 bridgehead atoms. The van der Waals surface area contributed by atoms with Crippen molar-refractivity contribution in [3.8, 4) is 0 Å². The molecule has 1 heterocycles. The summed E-state index contributed by atoms with van der Waals surface area (Å²) in [6, 6.07) is -0.779. The molecule has 1 rings (SSSR count). The lowest BCUT2D eigenvalue weighted by Gasteiger charge is -2.14. The van der Waals surface area contributed by atoms with Crippen molar-refractivity contribution in [2.75, 3.05) is 12.3 Å². The Morgan fingerprint density at radius 3 is 2.93 bits per heavy atom. The summed E-state index contributed by atoms with van der Waals surface area (Å²) < 4.78 is 0. The Balaban J connectivity index is 2.60. The van der Waals surface area contributed by atoms with Crippen molar-refractivity contribution in [1.82, 2.24) is 0 Å². The molecule has 1 atom stereocenters. The van der Waals surface area contributed by atoms with Crippen LogP contribution in [0.15, 0.2) is 4.99 Å². The third-order valence-corrected chi connectivity index (χ3v) is 3.32. The fourth-order valence-corrected chi connectivity index (χ4v) is 2.40. The lowest BCUT2D eigenvalue weighted by atomic mass is 10.1. The molecule has 0 saturated heterocycles. The lowest BCUT2D eigenvalue weighted by Crippen LogP contribution is -2.30. The number of carbonyl (C=O) groups is 1. The predicted molar refractivity (Wildman–Crippen MR) is 60.1 cm³/mol. The van der Waals surface area contributed by atoms with E-state index in [1.807, 2.05) is 0 Å². The maximum Gasteiger partial charge on any atom is 0.260 e. The van der Waals surface area contributed by atoms with Crippen molar-refractivity contribution in [3.05, 3.63) is 10.1 Å². The molecule has 0 aromatic rings. The van der Waals surface area contributed by atoms with Gasteiger partial charge in [0.1, 0.15) is 10.8 Å². The van der Waals surface area contributed by atoms with E-state index in [4.69, 9.17) is 0 Å². The first-order valence-electron chi connectivity index (χ1n) is 4.91. The molecule has 0 amide bonds. The third kappa shape index (κ3) is 3.99. The highest BCUT2D eigenvalue weighted by Crippen LogP contribution is 2.19. The second kappa shape index (κ2) is 5.85. The van der Waals surface area contributed by atoms with Crippen LogP contribution in [0.25, 0.3) is 0 Å². The van der Waals surface area contributed by atoms with Crippen LogP contribution in [0.3, 0.4) is 0 Å². The van der Waals surface area contributed by atoms with E-state index in [0.29, 0.717) is 11.6 Å².